The third-order valence-electron chi connectivity index (χ3n) is 5.54. The highest BCUT2D eigenvalue weighted by Gasteiger charge is 2.41. The number of esters is 1. The summed E-state index contributed by atoms with van der Waals surface area (Å²) in [4.78, 5) is 25.6. The normalized spacial score (nSPS) is 18.1. The first kappa shape index (κ1) is 24.5. The maximum absolute atomic E-state index is 12.9. The highest BCUT2D eigenvalue weighted by molar-refractivity contribution is 14.1. The van der Waals surface area contributed by atoms with Crippen LogP contribution in [0.15, 0.2) is 63.7 Å². The van der Waals surface area contributed by atoms with Crippen LogP contribution in [0.25, 0.3) is 0 Å². The van der Waals surface area contributed by atoms with Gasteiger partial charge in [-0.3, -0.25) is 4.79 Å². The number of carbonyl (C=O) groups excluding carboxylic acids is 2. The molecule has 0 unspecified atom stereocenters. The molecule has 6 nitrogen and oxygen atoms in total. The molecule has 1 atom stereocenters. The Kier molecular flexibility index (Phi) is 7.69. The molecule has 0 saturated carbocycles. The minimum absolute atomic E-state index is 0.0131. The van der Waals surface area contributed by atoms with Crippen molar-refractivity contribution < 1.29 is 23.8 Å². The van der Waals surface area contributed by atoms with Crippen LogP contribution in [0, 0.1) is 7.14 Å². The molecule has 0 amide bonds. The molecule has 33 heavy (non-hydrogen) atoms. The Morgan fingerprint density at radius 3 is 2.48 bits per heavy atom. The Balaban J connectivity index is 1.73. The van der Waals surface area contributed by atoms with Gasteiger partial charge in [0.15, 0.2) is 5.78 Å². The molecule has 0 radical (unpaired) electrons. The summed E-state index contributed by atoms with van der Waals surface area (Å²) in [7, 11) is 1.29. The van der Waals surface area contributed by atoms with E-state index in [4.69, 9.17) is 19.9 Å². The second kappa shape index (κ2) is 10.3. The second-order valence-electron chi connectivity index (χ2n) is 7.65. The van der Waals surface area contributed by atoms with Gasteiger partial charge in [0.25, 0.3) is 0 Å². The third-order valence-corrected chi connectivity index (χ3v) is 7.67. The molecule has 0 saturated heterocycles. The van der Waals surface area contributed by atoms with Gasteiger partial charge in [0.2, 0.25) is 5.88 Å². The van der Waals surface area contributed by atoms with E-state index in [0.717, 1.165) is 28.5 Å². The lowest BCUT2D eigenvalue weighted by Crippen LogP contribution is -2.31. The summed E-state index contributed by atoms with van der Waals surface area (Å²) in [6.07, 6.45) is 1.72. The van der Waals surface area contributed by atoms with E-state index in [2.05, 4.69) is 61.1 Å². The van der Waals surface area contributed by atoms with Crippen molar-refractivity contribution in [3.05, 3.63) is 81.9 Å². The molecule has 2 N–H and O–H groups in total. The average molecular weight is 736 g/mol. The number of rotatable bonds is 5. The van der Waals surface area contributed by atoms with Crippen molar-refractivity contribution in [1.29, 1.82) is 0 Å². The maximum atomic E-state index is 12.9. The number of nitrogens with two attached hydrogens (primary N) is 1. The van der Waals surface area contributed by atoms with Gasteiger partial charge in [-0.15, -0.1) is 0 Å². The van der Waals surface area contributed by atoms with Gasteiger partial charge in [0, 0.05) is 22.9 Å². The fourth-order valence-electron chi connectivity index (χ4n) is 4.02. The lowest BCUT2D eigenvalue weighted by atomic mass is 9.77. The van der Waals surface area contributed by atoms with Crippen molar-refractivity contribution in [2.45, 2.75) is 31.8 Å². The van der Waals surface area contributed by atoms with Crippen molar-refractivity contribution in [2.24, 2.45) is 5.73 Å². The molecule has 4 rings (SSSR count). The SMILES string of the molecule is COC(=O)C1=C(N)OC2=C(C(=O)CCC2)[C@@H]1c1cc(I)c(OCc2ccc(Br)cc2)c(I)c1. The van der Waals surface area contributed by atoms with E-state index in [1.54, 1.807) is 0 Å². The highest BCUT2D eigenvalue weighted by atomic mass is 127. The Bertz CT molecular complexity index is 1170. The number of ether oxygens (including phenoxy) is 3. The van der Waals surface area contributed by atoms with E-state index in [9.17, 15) is 9.59 Å². The van der Waals surface area contributed by atoms with E-state index in [1.165, 1.54) is 7.11 Å². The van der Waals surface area contributed by atoms with Gasteiger partial charge in [-0.1, -0.05) is 28.1 Å². The van der Waals surface area contributed by atoms with Gasteiger partial charge < -0.3 is 19.9 Å². The smallest absolute Gasteiger partial charge is 0.340 e. The van der Waals surface area contributed by atoms with Crippen LogP contribution in [0.1, 0.15) is 36.3 Å². The zero-order valence-electron chi connectivity index (χ0n) is 17.6. The summed E-state index contributed by atoms with van der Waals surface area (Å²) in [6, 6.07) is 11.8. The largest absolute Gasteiger partial charge is 0.487 e. The standard InChI is InChI=1S/C24H20BrI2NO5/c1-31-24(30)21-19(20-17(29)3-2-4-18(20)33-23(21)28)13-9-15(26)22(16(27)10-13)32-11-12-5-7-14(25)8-6-12/h5-10,19H,2-4,11,28H2,1H3/t19-/m0/s1. The Morgan fingerprint density at radius 2 is 1.85 bits per heavy atom. The minimum atomic E-state index is -0.642. The summed E-state index contributed by atoms with van der Waals surface area (Å²) in [5.41, 5.74) is 8.61. The Morgan fingerprint density at radius 1 is 1.18 bits per heavy atom. The molecule has 1 aliphatic carbocycles. The van der Waals surface area contributed by atoms with Crippen LogP contribution in [0.2, 0.25) is 0 Å². The summed E-state index contributed by atoms with van der Waals surface area (Å²) >= 11 is 7.87. The first-order chi connectivity index (χ1) is 15.8. The number of halogens is 3. The molecule has 2 aromatic carbocycles. The van der Waals surface area contributed by atoms with Gasteiger partial charge in [0.05, 0.1) is 20.2 Å². The van der Waals surface area contributed by atoms with Crippen molar-refractivity contribution in [2.75, 3.05) is 7.11 Å². The monoisotopic (exact) mass is 735 g/mol. The average Bonchev–Trinajstić information content (AvgIpc) is 2.78. The highest BCUT2D eigenvalue weighted by Crippen LogP contribution is 2.45. The van der Waals surface area contributed by atoms with Crippen LogP contribution in [0.5, 0.6) is 5.75 Å². The molecular weight excluding hydrogens is 716 g/mol. The van der Waals surface area contributed by atoms with Crippen molar-refractivity contribution >= 4 is 72.9 Å². The molecular formula is C24H20BrI2NO5. The topological polar surface area (TPSA) is 87.9 Å². The number of ketones is 1. The molecule has 1 heterocycles. The van der Waals surface area contributed by atoms with Crippen LogP contribution >= 0.6 is 61.1 Å². The van der Waals surface area contributed by atoms with E-state index >= 15 is 0 Å². The van der Waals surface area contributed by atoms with Crippen LogP contribution in [0.4, 0.5) is 0 Å². The van der Waals surface area contributed by atoms with Crippen molar-refractivity contribution in [3.63, 3.8) is 0 Å². The van der Waals surface area contributed by atoms with Crippen LogP contribution in [-0.2, 0) is 25.7 Å². The maximum Gasteiger partial charge on any atom is 0.340 e. The molecule has 9 heteroatoms. The second-order valence-corrected chi connectivity index (χ2v) is 10.9. The number of methoxy groups -OCH3 is 1. The number of hydrogen-bond donors (Lipinski definition) is 1. The van der Waals surface area contributed by atoms with E-state index in [0.29, 0.717) is 37.2 Å². The van der Waals surface area contributed by atoms with Gasteiger partial charge in [-0.2, -0.15) is 0 Å². The van der Waals surface area contributed by atoms with Gasteiger partial charge in [0.1, 0.15) is 23.7 Å². The molecule has 0 aromatic heterocycles. The fraction of sp³-hybridized carbons (Fsp3) is 0.250. The first-order valence-corrected chi connectivity index (χ1v) is 13.1. The quantitative estimate of drug-likeness (QED) is 0.313. The zero-order chi connectivity index (χ0) is 23.7. The lowest BCUT2D eigenvalue weighted by Gasteiger charge is -2.32. The van der Waals surface area contributed by atoms with Crippen LogP contribution in [0.3, 0.4) is 0 Å². The summed E-state index contributed by atoms with van der Waals surface area (Å²) < 4.78 is 19.6. The number of allylic oxidation sites excluding steroid dienone is 2. The molecule has 2 aliphatic rings. The molecule has 0 fully saturated rings. The van der Waals surface area contributed by atoms with Gasteiger partial charge in [-0.25, -0.2) is 4.79 Å². The molecule has 1 aliphatic heterocycles. The molecule has 2 aromatic rings. The molecule has 172 valence electrons. The van der Waals surface area contributed by atoms with Crippen molar-refractivity contribution in [1.82, 2.24) is 0 Å². The van der Waals surface area contributed by atoms with Crippen LogP contribution < -0.4 is 10.5 Å². The minimum Gasteiger partial charge on any atom is -0.487 e. The van der Waals surface area contributed by atoms with E-state index in [1.807, 2.05) is 36.4 Å². The predicted molar refractivity (Wildman–Crippen MR) is 143 cm³/mol. The molecule has 0 bridgehead atoms. The third kappa shape index (κ3) is 5.09. The lowest BCUT2D eigenvalue weighted by molar-refractivity contribution is -0.136. The van der Waals surface area contributed by atoms with E-state index < -0.39 is 11.9 Å². The summed E-state index contributed by atoms with van der Waals surface area (Å²) in [5.74, 6) is -0.00571. The summed E-state index contributed by atoms with van der Waals surface area (Å²) in [6.45, 7) is 0.421. The Hall–Kier alpha value is -1.60. The van der Waals surface area contributed by atoms with Crippen molar-refractivity contribution in [3.8, 4) is 5.75 Å². The first-order valence-electron chi connectivity index (χ1n) is 10.2. The Labute approximate surface area is 227 Å². The predicted octanol–water partition coefficient (Wildman–Crippen LogP) is 5.70. The number of Topliss-reactive ketones (excluding diaryl/α,β-unsaturated/α-hetero) is 1. The zero-order valence-corrected chi connectivity index (χ0v) is 23.5. The molecule has 0 spiro atoms. The van der Waals surface area contributed by atoms with Crippen LogP contribution in [-0.4, -0.2) is 18.9 Å². The van der Waals surface area contributed by atoms with Gasteiger partial charge >= 0.3 is 5.97 Å². The fourth-order valence-corrected chi connectivity index (χ4v) is 6.41. The van der Waals surface area contributed by atoms with Gasteiger partial charge in [-0.05, 0) is 87.0 Å². The number of benzene rings is 2. The summed E-state index contributed by atoms with van der Waals surface area (Å²) in [5, 5.41) is 0. The van der Waals surface area contributed by atoms with E-state index in [-0.39, 0.29) is 17.2 Å². The number of carbonyl (C=O) groups is 2. The number of hydrogen-bond acceptors (Lipinski definition) is 6.